The molecule has 160 valence electrons. The zero-order valence-electron chi connectivity index (χ0n) is 16.4. The second-order valence-corrected chi connectivity index (χ2v) is 7.02. The molecule has 0 saturated carbocycles. The van der Waals surface area contributed by atoms with Gasteiger partial charge in [0.1, 0.15) is 13.2 Å². The molecule has 1 aromatic carbocycles. The van der Waals surface area contributed by atoms with E-state index in [2.05, 4.69) is 10.3 Å². The van der Waals surface area contributed by atoms with Crippen LogP contribution >= 0.6 is 24.8 Å². The van der Waals surface area contributed by atoms with Crippen LogP contribution in [0.15, 0.2) is 29.0 Å². The van der Waals surface area contributed by atoms with Crippen molar-refractivity contribution in [1.29, 1.82) is 0 Å². The first-order chi connectivity index (χ1) is 13.3. The van der Waals surface area contributed by atoms with E-state index in [1.54, 1.807) is 0 Å². The van der Waals surface area contributed by atoms with Crippen molar-refractivity contribution in [2.75, 3.05) is 39.9 Å². The summed E-state index contributed by atoms with van der Waals surface area (Å²) in [6.45, 7) is 3.61. The van der Waals surface area contributed by atoms with E-state index in [1.165, 1.54) is 6.39 Å². The minimum atomic E-state index is -0.0688. The normalized spacial score (nSPS) is 16.0. The summed E-state index contributed by atoms with van der Waals surface area (Å²) in [6.07, 6.45) is 4.55. The van der Waals surface area contributed by atoms with E-state index in [0.29, 0.717) is 42.1 Å². The number of hydrogen-bond donors (Lipinski definition) is 1. The molecule has 0 atom stereocenters. The lowest BCUT2D eigenvalue weighted by Crippen LogP contribution is -2.39. The fourth-order valence-electron chi connectivity index (χ4n) is 3.71. The Bertz CT molecular complexity index is 807. The Balaban J connectivity index is 0.00000150. The second-order valence-electron chi connectivity index (χ2n) is 7.02. The lowest BCUT2D eigenvalue weighted by atomic mass is 9.93. The number of nitrogens with zero attached hydrogens (tertiary/aromatic N) is 2. The van der Waals surface area contributed by atoms with Crippen molar-refractivity contribution in [1.82, 2.24) is 15.2 Å². The van der Waals surface area contributed by atoms with Crippen LogP contribution in [0, 0.1) is 5.92 Å². The number of carbonyl (C=O) groups excluding carboxylic acids is 1. The van der Waals surface area contributed by atoms with Gasteiger partial charge in [-0.05, 0) is 57.0 Å². The summed E-state index contributed by atoms with van der Waals surface area (Å²) in [6, 6.07) is 5.55. The number of hydrogen-bond acceptors (Lipinski definition) is 6. The molecule has 0 bridgehead atoms. The van der Waals surface area contributed by atoms with Gasteiger partial charge in [-0.15, -0.1) is 24.8 Å². The smallest absolute Gasteiger partial charge is 0.276 e. The van der Waals surface area contributed by atoms with Gasteiger partial charge in [0.25, 0.3) is 5.91 Å². The van der Waals surface area contributed by atoms with Crippen molar-refractivity contribution in [2.45, 2.75) is 19.3 Å². The van der Waals surface area contributed by atoms with E-state index in [9.17, 15) is 4.79 Å². The minimum Gasteiger partial charge on any atom is -0.486 e. The third-order valence-corrected chi connectivity index (χ3v) is 5.28. The molecule has 9 heteroatoms. The topological polar surface area (TPSA) is 76.8 Å². The first kappa shape index (κ1) is 23.3. The molecule has 0 unspecified atom stereocenters. The standard InChI is InChI=1S/C20H25N3O4.2ClH/c1-21-7-4-14-5-8-23(9-6-14)20(24)18-19(27-13-22-18)15-2-3-16-17(12-15)26-11-10-25-16;;/h2-3,12-14,21H,4-11H2,1H3;2*1H. The second kappa shape index (κ2) is 10.7. The Morgan fingerprint density at radius 3 is 2.62 bits per heavy atom. The van der Waals surface area contributed by atoms with Gasteiger partial charge >= 0.3 is 0 Å². The Hall–Kier alpha value is -1.96. The van der Waals surface area contributed by atoms with Gasteiger partial charge in [0.2, 0.25) is 0 Å². The number of likely N-dealkylation sites (tertiary alicyclic amines) is 1. The molecule has 0 radical (unpaired) electrons. The van der Waals surface area contributed by atoms with Crippen molar-refractivity contribution in [3.8, 4) is 22.8 Å². The predicted octanol–water partition coefficient (Wildman–Crippen LogP) is 3.42. The largest absolute Gasteiger partial charge is 0.486 e. The van der Waals surface area contributed by atoms with Crippen molar-refractivity contribution in [3.05, 3.63) is 30.3 Å². The maximum Gasteiger partial charge on any atom is 0.276 e. The molecule has 2 aliphatic rings. The predicted molar refractivity (Wildman–Crippen MR) is 115 cm³/mol. The lowest BCUT2D eigenvalue weighted by Gasteiger charge is -2.31. The van der Waals surface area contributed by atoms with E-state index >= 15 is 0 Å². The SMILES string of the molecule is CNCCC1CCN(C(=O)c2ncoc2-c2ccc3c(c2)OCCO3)CC1.Cl.Cl. The van der Waals surface area contributed by atoms with Crippen LogP contribution in [0.4, 0.5) is 0 Å². The van der Waals surface area contributed by atoms with Crippen LogP contribution in [0.5, 0.6) is 11.5 Å². The monoisotopic (exact) mass is 443 g/mol. The van der Waals surface area contributed by atoms with Crippen LogP contribution in [-0.4, -0.2) is 55.7 Å². The van der Waals surface area contributed by atoms with Gasteiger partial charge in [0.15, 0.2) is 29.3 Å². The number of amides is 1. The maximum atomic E-state index is 13.0. The lowest BCUT2D eigenvalue weighted by molar-refractivity contribution is 0.0682. The van der Waals surface area contributed by atoms with Crippen LogP contribution in [0.25, 0.3) is 11.3 Å². The van der Waals surface area contributed by atoms with E-state index in [0.717, 1.165) is 44.5 Å². The highest BCUT2D eigenvalue weighted by molar-refractivity contribution is 5.97. The average Bonchev–Trinajstić information content (AvgIpc) is 3.21. The molecule has 1 N–H and O–H groups in total. The quantitative estimate of drug-likeness (QED) is 0.762. The molecular weight excluding hydrogens is 417 g/mol. The number of rotatable bonds is 5. The molecule has 0 spiro atoms. The Labute approximate surface area is 183 Å². The fraction of sp³-hybridized carbons (Fsp3) is 0.500. The van der Waals surface area contributed by atoms with Gasteiger partial charge in [-0.3, -0.25) is 4.79 Å². The third-order valence-electron chi connectivity index (χ3n) is 5.28. The van der Waals surface area contributed by atoms with Gasteiger partial charge in [-0.2, -0.15) is 0 Å². The Morgan fingerprint density at radius 1 is 1.17 bits per heavy atom. The molecule has 1 aromatic heterocycles. The van der Waals surface area contributed by atoms with Gasteiger partial charge in [-0.25, -0.2) is 4.98 Å². The minimum absolute atomic E-state index is 0. The number of halogens is 2. The van der Waals surface area contributed by atoms with Crippen LogP contribution in [0.1, 0.15) is 29.8 Å². The van der Waals surface area contributed by atoms with E-state index in [-0.39, 0.29) is 30.7 Å². The molecule has 4 rings (SSSR count). The van der Waals surface area contributed by atoms with Crippen LogP contribution in [-0.2, 0) is 0 Å². The average molecular weight is 444 g/mol. The Kier molecular flexibility index (Phi) is 8.61. The number of aromatic nitrogens is 1. The van der Waals surface area contributed by atoms with Gasteiger partial charge in [0, 0.05) is 18.7 Å². The summed E-state index contributed by atoms with van der Waals surface area (Å²) in [5.41, 5.74) is 1.13. The first-order valence-corrected chi connectivity index (χ1v) is 9.53. The zero-order chi connectivity index (χ0) is 18.6. The van der Waals surface area contributed by atoms with Crippen molar-refractivity contribution >= 4 is 30.7 Å². The number of carbonyl (C=O) groups is 1. The number of oxazole rings is 1. The zero-order valence-corrected chi connectivity index (χ0v) is 18.0. The summed E-state index contributed by atoms with van der Waals surface area (Å²) in [5, 5.41) is 3.20. The number of piperidine rings is 1. The van der Waals surface area contributed by atoms with E-state index in [1.807, 2.05) is 30.1 Å². The molecule has 1 fully saturated rings. The van der Waals surface area contributed by atoms with E-state index in [4.69, 9.17) is 13.9 Å². The summed E-state index contributed by atoms with van der Waals surface area (Å²) in [7, 11) is 1.97. The highest BCUT2D eigenvalue weighted by atomic mass is 35.5. The highest BCUT2D eigenvalue weighted by Gasteiger charge is 2.28. The van der Waals surface area contributed by atoms with Crippen molar-refractivity contribution < 1.29 is 18.7 Å². The molecule has 1 amide bonds. The van der Waals surface area contributed by atoms with E-state index < -0.39 is 0 Å². The summed E-state index contributed by atoms with van der Waals surface area (Å²) >= 11 is 0. The molecular formula is C20H27Cl2N3O4. The summed E-state index contributed by atoms with van der Waals surface area (Å²) in [4.78, 5) is 19.1. The summed E-state index contributed by atoms with van der Waals surface area (Å²) in [5.74, 6) is 2.46. The summed E-state index contributed by atoms with van der Waals surface area (Å²) < 4.78 is 16.8. The number of ether oxygens (including phenoxy) is 2. The molecule has 2 aliphatic heterocycles. The maximum absolute atomic E-state index is 13.0. The molecule has 29 heavy (non-hydrogen) atoms. The molecule has 3 heterocycles. The van der Waals surface area contributed by atoms with Crippen LogP contribution in [0.2, 0.25) is 0 Å². The number of benzene rings is 1. The van der Waals surface area contributed by atoms with Crippen LogP contribution in [0.3, 0.4) is 0 Å². The number of fused-ring (bicyclic) bond motifs is 1. The van der Waals surface area contributed by atoms with Gasteiger partial charge < -0.3 is 24.1 Å². The van der Waals surface area contributed by atoms with Crippen molar-refractivity contribution in [2.24, 2.45) is 5.92 Å². The van der Waals surface area contributed by atoms with Gasteiger partial charge in [0.05, 0.1) is 0 Å². The first-order valence-electron chi connectivity index (χ1n) is 9.53. The van der Waals surface area contributed by atoms with Gasteiger partial charge in [-0.1, -0.05) is 0 Å². The number of nitrogens with one attached hydrogen (secondary N) is 1. The van der Waals surface area contributed by atoms with Crippen LogP contribution < -0.4 is 14.8 Å². The molecule has 0 aliphatic carbocycles. The third kappa shape index (κ3) is 5.15. The molecule has 7 nitrogen and oxygen atoms in total. The molecule has 1 saturated heterocycles. The highest BCUT2D eigenvalue weighted by Crippen LogP contribution is 2.36. The molecule has 2 aromatic rings. The Morgan fingerprint density at radius 2 is 1.90 bits per heavy atom. The fourth-order valence-corrected chi connectivity index (χ4v) is 3.71. The van der Waals surface area contributed by atoms with Crippen molar-refractivity contribution in [3.63, 3.8) is 0 Å².